The summed E-state index contributed by atoms with van der Waals surface area (Å²) in [5.41, 5.74) is 8.51. The molecular formula is C19H22N2O2. The Hall–Kier alpha value is -2.62. The number of carbonyl (C=O) groups excluding carboxylic acids is 2. The first-order chi connectivity index (χ1) is 10.9. The van der Waals surface area contributed by atoms with Gasteiger partial charge in [-0.2, -0.15) is 0 Å². The van der Waals surface area contributed by atoms with Gasteiger partial charge in [-0.25, -0.2) is 0 Å². The van der Waals surface area contributed by atoms with Crippen LogP contribution in [-0.4, -0.2) is 11.8 Å². The summed E-state index contributed by atoms with van der Waals surface area (Å²) in [6.45, 7) is 4.37. The summed E-state index contributed by atoms with van der Waals surface area (Å²) >= 11 is 0. The minimum Gasteiger partial charge on any atom is -0.366 e. The highest BCUT2D eigenvalue weighted by Crippen LogP contribution is 2.12. The lowest BCUT2D eigenvalue weighted by Gasteiger charge is -2.08. The van der Waals surface area contributed by atoms with Crippen molar-refractivity contribution < 1.29 is 9.59 Å². The Bertz CT molecular complexity index is 674. The first-order valence-electron chi connectivity index (χ1n) is 7.71. The molecule has 0 radical (unpaired) electrons. The zero-order valence-corrected chi connectivity index (χ0v) is 13.5. The Morgan fingerprint density at radius 1 is 0.957 bits per heavy atom. The number of nitrogens with one attached hydrogen (secondary N) is 1. The van der Waals surface area contributed by atoms with Crippen molar-refractivity contribution in [3.8, 4) is 0 Å². The predicted molar refractivity (Wildman–Crippen MR) is 92.3 cm³/mol. The van der Waals surface area contributed by atoms with Crippen LogP contribution >= 0.6 is 0 Å². The van der Waals surface area contributed by atoms with Crippen LogP contribution in [0.2, 0.25) is 0 Å². The van der Waals surface area contributed by atoms with E-state index >= 15 is 0 Å². The van der Waals surface area contributed by atoms with Gasteiger partial charge in [0.2, 0.25) is 11.8 Å². The highest BCUT2D eigenvalue weighted by atomic mass is 16.1. The van der Waals surface area contributed by atoms with E-state index < -0.39 is 5.91 Å². The molecule has 2 amide bonds. The second-order valence-corrected chi connectivity index (χ2v) is 6.08. The summed E-state index contributed by atoms with van der Waals surface area (Å²) in [7, 11) is 0. The Morgan fingerprint density at radius 2 is 1.52 bits per heavy atom. The standard InChI is InChI=1S/C19H22N2O2/c1-13(2)11-14-3-5-15(6-4-14)12-18(22)21-17-9-7-16(8-10-17)19(20)23/h3-10,13H,11-12H2,1-2H3,(H2,20,23)(H,21,22). The SMILES string of the molecule is CC(C)Cc1ccc(CC(=O)Nc2ccc(C(N)=O)cc2)cc1. The summed E-state index contributed by atoms with van der Waals surface area (Å²) in [5, 5.41) is 2.81. The minimum absolute atomic E-state index is 0.0894. The van der Waals surface area contributed by atoms with Crippen LogP contribution in [0.3, 0.4) is 0 Å². The Morgan fingerprint density at radius 3 is 2.04 bits per heavy atom. The lowest BCUT2D eigenvalue weighted by atomic mass is 10.0. The van der Waals surface area contributed by atoms with Gasteiger partial charge in [0.15, 0.2) is 0 Å². The molecule has 0 aromatic heterocycles. The minimum atomic E-state index is -0.482. The van der Waals surface area contributed by atoms with Crippen molar-refractivity contribution in [1.82, 2.24) is 0 Å². The predicted octanol–water partition coefficient (Wildman–Crippen LogP) is 3.17. The molecule has 0 heterocycles. The van der Waals surface area contributed by atoms with Crippen molar-refractivity contribution in [1.29, 1.82) is 0 Å². The molecule has 4 heteroatoms. The third kappa shape index (κ3) is 5.25. The fraction of sp³-hybridized carbons (Fsp3) is 0.263. The molecule has 0 aliphatic rings. The monoisotopic (exact) mass is 310 g/mol. The molecule has 0 saturated carbocycles. The molecule has 0 bridgehead atoms. The van der Waals surface area contributed by atoms with Crippen molar-refractivity contribution in [2.45, 2.75) is 26.7 Å². The van der Waals surface area contributed by atoms with Gasteiger partial charge in [-0.05, 0) is 47.7 Å². The van der Waals surface area contributed by atoms with Gasteiger partial charge in [0.1, 0.15) is 0 Å². The maximum absolute atomic E-state index is 12.1. The second kappa shape index (κ2) is 7.58. The van der Waals surface area contributed by atoms with E-state index in [4.69, 9.17) is 5.73 Å². The summed E-state index contributed by atoms with van der Waals surface area (Å²) in [4.78, 5) is 23.1. The maximum atomic E-state index is 12.1. The molecule has 0 atom stereocenters. The largest absolute Gasteiger partial charge is 0.366 e. The van der Waals surface area contributed by atoms with E-state index in [0.717, 1.165) is 12.0 Å². The van der Waals surface area contributed by atoms with Crippen molar-refractivity contribution in [2.24, 2.45) is 11.7 Å². The van der Waals surface area contributed by atoms with Gasteiger partial charge in [0.25, 0.3) is 0 Å². The van der Waals surface area contributed by atoms with Gasteiger partial charge in [-0.3, -0.25) is 9.59 Å². The molecule has 0 aliphatic heterocycles. The van der Waals surface area contributed by atoms with Gasteiger partial charge in [0.05, 0.1) is 6.42 Å². The quantitative estimate of drug-likeness (QED) is 0.860. The van der Waals surface area contributed by atoms with Crippen LogP contribution in [0.5, 0.6) is 0 Å². The van der Waals surface area contributed by atoms with E-state index in [0.29, 0.717) is 23.6 Å². The van der Waals surface area contributed by atoms with Crippen LogP contribution in [0.25, 0.3) is 0 Å². The lowest BCUT2D eigenvalue weighted by Crippen LogP contribution is -2.15. The van der Waals surface area contributed by atoms with Crippen LogP contribution in [0.15, 0.2) is 48.5 Å². The van der Waals surface area contributed by atoms with E-state index in [1.807, 2.05) is 12.1 Å². The molecule has 23 heavy (non-hydrogen) atoms. The van der Waals surface area contributed by atoms with Crippen LogP contribution in [0, 0.1) is 5.92 Å². The molecule has 0 saturated heterocycles. The van der Waals surface area contributed by atoms with Crippen molar-refractivity contribution in [2.75, 3.05) is 5.32 Å². The number of hydrogen-bond donors (Lipinski definition) is 2. The zero-order chi connectivity index (χ0) is 16.8. The summed E-state index contributed by atoms with van der Waals surface area (Å²) < 4.78 is 0. The number of benzene rings is 2. The first kappa shape index (κ1) is 16.7. The molecule has 2 aromatic rings. The number of nitrogens with two attached hydrogens (primary N) is 1. The molecule has 2 aromatic carbocycles. The lowest BCUT2D eigenvalue weighted by molar-refractivity contribution is -0.115. The van der Waals surface area contributed by atoms with E-state index in [-0.39, 0.29) is 5.91 Å². The Kier molecular flexibility index (Phi) is 5.52. The van der Waals surface area contributed by atoms with Crippen LogP contribution in [0.1, 0.15) is 35.3 Å². The highest BCUT2D eigenvalue weighted by Gasteiger charge is 2.06. The van der Waals surface area contributed by atoms with Gasteiger partial charge < -0.3 is 11.1 Å². The average Bonchev–Trinajstić information content (AvgIpc) is 2.49. The number of primary amides is 1. The third-order valence-electron chi connectivity index (χ3n) is 3.48. The van der Waals surface area contributed by atoms with E-state index in [2.05, 4.69) is 31.3 Å². The second-order valence-electron chi connectivity index (χ2n) is 6.08. The van der Waals surface area contributed by atoms with Crippen LogP contribution in [-0.2, 0) is 17.6 Å². The Balaban J connectivity index is 1.92. The van der Waals surface area contributed by atoms with Gasteiger partial charge in [0, 0.05) is 11.3 Å². The maximum Gasteiger partial charge on any atom is 0.248 e. The number of carbonyl (C=O) groups is 2. The molecule has 0 fully saturated rings. The summed E-state index contributed by atoms with van der Waals surface area (Å²) in [6.07, 6.45) is 1.36. The van der Waals surface area contributed by atoms with Gasteiger partial charge in [-0.15, -0.1) is 0 Å². The van der Waals surface area contributed by atoms with E-state index in [1.54, 1.807) is 24.3 Å². The molecule has 3 N–H and O–H groups in total. The normalized spacial score (nSPS) is 10.6. The molecule has 2 rings (SSSR count). The number of anilines is 1. The zero-order valence-electron chi connectivity index (χ0n) is 13.5. The molecule has 0 aliphatic carbocycles. The highest BCUT2D eigenvalue weighted by molar-refractivity contribution is 5.95. The molecular weight excluding hydrogens is 288 g/mol. The van der Waals surface area contributed by atoms with Crippen LogP contribution in [0.4, 0.5) is 5.69 Å². The van der Waals surface area contributed by atoms with Gasteiger partial charge in [-0.1, -0.05) is 38.1 Å². The van der Waals surface area contributed by atoms with Crippen molar-refractivity contribution in [3.05, 3.63) is 65.2 Å². The number of rotatable bonds is 6. The summed E-state index contributed by atoms with van der Waals surface area (Å²) in [6, 6.07) is 14.7. The van der Waals surface area contributed by atoms with Crippen molar-refractivity contribution >= 4 is 17.5 Å². The molecule has 4 nitrogen and oxygen atoms in total. The van der Waals surface area contributed by atoms with E-state index in [9.17, 15) is 9.59 Å². The fourth-order valence-corrected chi connectivity index (χ4v) is 2.37. The van der Waals surface area contributed by atoms with E-state index in [1.165, 1.54) is 5.56 Å². The number of amides is 2. The Labute approximate surface area is 136 Å². The van der Waals surface area contributed by atoms with Gasteiger partial charge >= 0.3 is 0 Å². The molecule has 120 valence electrons. The molecule has 0 unspecified atom stereocenters. The fourth-order valence-electron chi connectivity index (χ4n) is 2.37. The summed E-state index contributed by atoms with van der Waals surface area (Å²) in [5.74, 6) is 0.0466. The topological polar surface area (TPSA) is 72.2 Å². The third-order valence-corrected chi connectivity index (χ3v) is 3.48. The first-order valence-corrected chi connectivity index (χ1v) is 7.71. The average molecular weight is 310 g/mol. The van der Waals surface area contributed by atoms with Crippen molar-refractivity contribution in [3.63, 3.8) is 0 Å². The van der Waals surface area contributed by atoms with Crippen LogP contribution < -0.4 is 11.1 Å². The molecule has 0 spiro atoms. The smallest absolute Gasteiger partial charge is 0.248 e. The number of hydrogen-bond acceptors (Lipinski definition) is 2.